The Morgan fingerprint density at radius 3 is 2.10 bits per heavy atom. The van der Waals surface area contributed by atoms with E-state index in [1.807, 2.05) is 0 Å². The molecule has 3 N–H and O–H groups in total. The SMILES string of the molecule is COS(=O)(=O)CCNSc1c(F)c(F)c(N)c(F)c1F. The fourth-order valence-electron chi connectivity index (χ4n) is 1.09. The molecule has 0 aliphatic heterocycles. The van der Waals surface area contributed by atoms with Gasteiger partial charge in [0.2, 0.25) is 0 Å². The minimum absolute atomic E-state index is 0.206. The number of halogens is 4. The van der Waals surface area contributed by atoms with Crippen LogP contribution in [0.4, 0.5) is 23.2 Å². The van der Waals surface area contributed by atoms with Crippen LogP contribution >= 0.6 is 11.9 Å². The average Bonchev–Trinajstić information content (AvgIpc) is 2.42. The summed E-state index contributed by atoms with van der Waals surface area (Å²) in [6, 6.07) is 0. The third kappa shape index (κ3) is 3.75. The molecule has 0 radical (unpaired) electrons. The predicted octanol–water partition coefficient (Wildman–Crippen LogP) is 1.40. The fourth-order valence-corrected chi connectivity index (χ4v) is 2.45. The van der Waals surface area contributed by atoms with E-state index < -0.39 is 49.7 Å². The molecule has 0 heterocycles. The Morgan fingerprint density at radius 1 is 1.15 bits per heavy atom. The fraction of sp³-hybridized carbons (Fsp3) is 0.333. The van der Waals surface area contributed by atoms with Crippen molar-refractivity contribution in [2.45, 2.75) is 4.90 Å². The summed E-state index contributed by atoms with van der Waals surface area (Å²) in [4.78, 5) is -0.982. The molecule has 5 nitrogen and oxygen atoms in total. The minimum Gasteiger partial charge on any atom is -0.394 e. The van der Waals surface area contributed by atoms with Gasteiger partial charge in [0.25, 0.3) is 10.1 Å². The number of rotatable bonds is 6. The predicted molar refractivity (Wildman–Crippen MR) is 65.3 cm³/mol. The molecule has 0 aliphatic rings. The van der Waals surface area contributed by atoms with Crippen molar-refractivity contribution in [2.24, 2.45) is 0 Å². The van der Waals surface area contributed by atoms with Gasteiger partial charge in [0.1, 0.15) is 10.6 Å². The lowest BCUT2D eigenvalue weighted by molar-refractivity contribution is 0.398. The second kappa shape index (κ2) is 6.61. The Hall–Kier alpha value is -1.04. The Morgan fingerprint density at radius 2 is 1.65 bits per heavy atom. The topological polar surface area (TPSA) is 81.4 Å². The Kier molecular flexibility index (Phi) is 5.62. The van der Waals surface area contributed by atoms with Gasteiger partial charge in [0.05, 0.1) is 12.9 Å². The average molecular weight is 334 g/mol. The van der Waals surface area contributed by atoms with Crippen molar-refractivity contribution in [1.29, 1.82) is 0 Å². The van der Waals surface area contributed by atoms with E-state index in [1.54, 1.807) is 0 Å². The maximum absolute atomic E-state index is 13.4. The van der Waals surface area contributed by atoms with E-state index in [1.165, 1.54) is 0 Å². The summed E-state index contributed by atoms with van der Waals surface area (Å²) in [5.41, 5.74) is 3.57. The van der Waals surface area contributed by atoms with Crippen LogP contribution in [-0.2, 0) is 14.3 Å². The highest BCUT2D eigenvalue weighted by atomic mass is 32.2. The van der Waals surface area contributed by atoms with Crippen molar-refractivity contribution in [3.63, 3.8) is 0 Å². The van der Waals surface area contributed by atoms with Gasteiger partial charge in [-0.3, -0.25) is 8.91 Å². The first kappa shape index (κ1) is 17.0. The normalized spacial score (nSPS) is 11.8. The summed E-state index contributed by atoms with van der Waals surface area (Å²) in [7, 11) is -2.80. The highest BCUT2D eigenvalue weighted by Gasteiger charge is 2.24. The molecule has 0 amide bonds. The van der Waals surface area contributed by atoms with E-state index in [0.29, 0.717) is 0 Å². The van der Waals surface area contributed by atoms with Gasteiger partial charge in [-0.2, -0.15) is 8.42 Å². The van der Waals surface area contributed by atoms with E-state index in [0.717, 1.165) is 7.11 Å². The molecule has 0 aliphatic carbocycles. The van der Waals surface area contributed by atoms with E-state index in [4.69, 9.17) is 5.73 Å². The zero-order valence-electron chi connectivity index (χ0n) is 10.0. The Labute approximate surface area is 116 Å². The van der Waals surface area contributed by atoms with Crippen LogP contribution in [-0.4, -0.2) is 27.8 Å². The van der Waals surface area contributed by atoms with Crippen LogP contribution in [0.5, 0.6) is 0 Å². The number of nitrogen functional groups attached to an aromatic ring is 1. The number of hydrogen-bond acceptors (Lipinski definition) is 6. The van der Waals surface area contributed by atoms with Crippen LogP contribution in [0.2, 0.25) is 0 Å². The summed E-state index contributed by atoms with van der Waals surface area (Å²) in [5, 5.41) is 0. The summed E-state index contributed by atoms with van der Waals surface area (Å²) in [5.74, 6) is -7.22. The zero-order valence-corrected chi connectivity index (χ0v) is 11.7. The van der Waals surface area contributed by atoms with Gasteiger partial charge in [-0.15, -0.1) is 0 Å². The molecule has 0 aromatic heterocycles. The summed E-state index contributed by atoms with van der Waals surface area (Å²) >= 11 is 0.206. The number of benzene rings is 1. The molecule has 114 valence electrons. The molecule has 0 bridgehead atoms. The number of nitrogens with one attached hydrogen (secondary N) is 1. The van der Waals surface area contributed by atoms with Crippen LogP contribution in [0.1, 0.15) is 0 Å². The Bertz CT molecular complexity index is 581. The highest BCUT2D eigenvalue weighted by Crippen LogP contribution is 2.31. The van der Waals surface area contributed by atoms with Crippen molar-refractivity contribution < 1.29 is 30.2 Å². The van der Waals surface area contributed by atoms with E-state index in [-0.39, 0.29) is 18.5 Å². The molecule has 0 atom stereocenters. The lowest BCUT2D eigenvalue weighted by Crippen LogP contribution is -2.19. The molecule has 1 aromatic carbocycles. The first-order valence-electron chi connectivity index (χ1n) is 5.00. The zero-order chi connectivity index (χ0) is 15.5. The number of nitrogens with two attached hydrogens (primary N) is 1. The van der Waals surface area contributed by atoms with Gasteiger partial charge in [-0.25, -0.2) is 17.6 Å². The monoisotopic (exact) mass is 334 g/mol. The molecular formula is C9H10F4N2O3S2. The van der Waals surface area contributed by atoms with Crippen molar-refractivity contribution in [3.05, 3.63) is 23.3 Å². The highest BCUT2D eigenvalue weighted by molar-refractivity contribution is 7.97. The maximum atomic E-state index is 13.4. The van der Waals surface area contributed by atoms with Crippen molar-refractivity contribution in [1.82, 2.24) is 4.72 Å². The van der Waals surface area contributed by atoms with E-state index >= 15 is 0 Å². The molecule has 0 fully saturated rings. The van der Waals surface area contributed by atoms with Gasteiger partial charge in [0, 0.05) is 6.54 Å². The van der Waals surface area contributed by atoms with Crippen molar-refractivity contribution in [2.75, 3.05) is 25.1 Å². The van der Waals surface area contributed by atoms with Gasteiger partial charge in [-0.1, -0.05) is 0 Å². The first-order chi connectivity index (χ1) is 9.21. The number of anilines is 1. The molecule has 0 saturated heterocycles. The van der Waals surface area contributed by atoms with Gasteiger partial charge < -0.3 is 5.73 Å². The summed E-state index contributed by atoms with van der Waals surface area (Å²) < 4.78 is 81.2. The molecule has 0 unspecified atom stereocenters. The second-order valence-electron chi connectivity index (χ2n) is 3.42. The van der Waals surface area contributed by atoms with E-state index in [9.17, 15) is 26.0 Å². The maximum Gasteiger partial charge on any atom is 0.268 e. The van der Waals surface area contributed by atoms with Crippen molar-refractivity contribution in [3.8, 4) is 0 Å². The van der Waals surface area contributed by atoms with Crippen LogP contribution in [0.3, 0.4) is 0 Å². The summed E-state index contributed by atoms with van der Waals surface area (Å²) in [6.07, 6.45) is 0. The van der Waals surface area contributed by atoms with Gasteiger partial charge in [0.15, 0.2) is 23.3 Å². The van der Waals surface area contributed by atoms with Crippen LogP contribution in [0.25, 0.3) is 0 Å². The van der Waals surface area contributed by atoms with Crippen LogP contribution < -0.4 is 10.5 Å². The Balaban J connectivity index is 2.80. The molecule has 20 heavy (non-hydrogen) atoms. The third-order valence-electron chi connectivity index (χ3n) is 2.14. The lowest BCUT2D eigenvalue weighted by atomic mass is 10.2. The smallest absolute Gasteiger partial charge is 0.268 e. The standard InChI is InChI=1S/C9H10F4N2O3S2/c1-18-20(16,17)3-2-15-19-9-6(12)4(10)8(14)5(11)7(9)13/h15H,2-3,14H2,1H3. The molecule has 1 rings (SSSR count). The summed E-state index contributed by atoms with van der Waals surface area (Å²) in [6.45, 7) is -0.257. The molecule has 0 spiro atoms. The van der Waals surface area contributed by atoms with Crippen molar-refractivity contribution >= 4 is 27.8 Å². The van der Waals surface area contributed by atoms with Crippen LogP contribution in [0, 0.1) is 23.3 Å². The lowest BCUT2D eigenvalue weighted by Gasteiger charge is -2.09. The second-order valence-corrected chi connectivity index (χ2v) is 6.18. The molecule has 11 heteroatoms. The molecule has 1 aromatic rings. The van der Waals surface area contributed by atoms with E-state index in [2.05, 4.69) is 8.91 Å². The van der Waals surface area contributed by atoms with Gasteiger partial charge >= 0.3 is 0 Å². The number of hydrogen-bond donors (Lipinski definition) is 2. The first-order valence-corrected chi connectivity index (χ1v) is 7.40. The van der Waals surface area contributed by atoms with Gasteiger partial charge in [-0.05, 0) is 11.9 Å². The van der Waals surface area contributed by atoms with Crippen LogP contribution in [0.15, 0.2) is 4.90 Å². The molecular weight excluding hydrogens is 324 g/mol. The largest absolute Gasteiger partial charge is 0.394 e. The third-order valence-corrected chi connectivity index (χ3v) is 4.26. The molecule has 0 saturated carbocycles. The quantitative estimate of drug-likeness (QED) is 0.204. The minimum atomic E-state index is -3.75.